The highest BCUT2D eigenvalue weighted by atomic mass is 16.5. The molecule has 0 saturated carbocycles. The predicted molar refractivity (Wildman–Crippen MR) is 102 cm³/mol. The smallest absolute Gasteiger partial charge is 0.275 e. The van der Waals surface area contributed by atoms with Crippen molar-refractivity contribution in [2.45, 2.75) is 20.0 Å². The van der Waals surface area contributed by atoms with Crippen LogP contribution in [0.5, 0.6) is 11.5 Å². The fourth-order valence-corrected chi connectivity index (χ4v) is 2.89. The first-order chi connectivity index (χ1) is 13.0. The largest absolute Gasteiger partial charge is 0.493 e. The maximum atomic E-state index is 12.5. The number of amides is 1. The van der Waals surface area contributed by atoms with E-state index in [1.54, 1.807) is 38.5 Å². The lowest BCUT2D eigenvalue weighted by molar-refractivity contribution is -0.122. The van der Waals surface area contributed by atoms with E-state index >= 15 is 0 Å². The van der Waals surface area contributed by atoms with Gasteiger partial charge in [-0.05, 0) is 30.7 Å². The van der Waals surface area contributed by atoms with Gasteiger partial charge in [0.2, 0.25) is 5.91 Å². The normalized spacial score (nSPS) is 10.6. The molecule has 0 radical (unpaired) electrons. The monoisotopic (exact) mass is 367 g/mol. The van der Waals surface area contributed by atoms with E-state index in [0.29, 0.717) is 29.1 Å². The van der Waals surface area contributed by atoms with Gasteiger partial charge in [-0.25, -0.2) is 4.68 Å². The zero-order valence-electron chi connectivity index (χ0n) is 15.5. The molecular formula is C20H21N3O4. The molecule has 0 aliphatic heterocycles. The fraction of sp³-hybridized carbons (Fsp3) is 0.250. The molecule has 3 rings (SSSR count). The lowest BCUT2D eigenvalue weighted by Crippen LogP contribution is -2.33. The molecule has 1 heterocycles. The van der Waals surface area contributed by atoms with Crippen molar-refractivity contribution in [1.29, 1.82) is 0 Å². The number of fused-ring (bicyclic) bond motifs is 1. The number of nitrogens with zero attached hydrogens (tertiary/aromatic N) is 2. The molecule has 1 N–H and O–H groups in total. The summed E-state index contributed by atoms with van der Waals surface area (Å²) in [5.41, 5.74) is 1.28. The minimum Gasteiger partial charge on any atom is -0.493 e. The average Bonchev–Trinajstić information content (AvgIpc) is 2.70. The molecule has 0 unspecified atom stereocenters. The van der Waals surface area contributed by atoms with Gasteiger partial charge in [-0.2, -0.15) is 5.10 Å². The van der Waals surface area contributed by atoms with Crippen LogP contribution in [0.15, 0.2) is 47.3 Å². The zero-order chi connectivity index (χ0) is 19.4. The summed E-state index contributed by atoms with van der Waals surface area (Å²) in [5, 5.41) is 8.40. The minimum absolute atomic E-state index is 0.141. The number of carbonyl (C=O) groups is 1. The molecule has 140 valence electrons. The number of ether oxygens (including phenoxy) is 2. The molecule has 0 aliphatic rings. The molecule has 27 heavy (non-hydrogen) atoms. The summed E-state index contributed by atoms with van der Waals surface area (Å²) in [6.07, 6.45) is 0. The Labute approximate surface area is 156 Å². The number of hydrogen-bond acceptors (Lipinski definition) is 5. The Hall–Kier alpha value is -3.35. The van der Waals surface area contributed by atoms with Crippen molar-refractivity contribution in [3.8, 4) is 11.5 Å². The Balaban J connectivity index is 1.72. The van der Waals surface area contributed by atoms with Crippen LogP contribution in [0.2, 0.25) is 0 Å². The van der Waals surface area contributed by atoms with Crippen LogP contribution in [-0.4, -0.2) is 29.9 Å². The van der Waals surface area contributed by atoms with Crippen molar-refractivity contribution >= 4 is 16.7 Å². The summed E-state index contributed by atoms with van der Waals surface area (Å²) < 4.78 is 11.6. The summed E-state index contributed by atoms with van der Waals surface area (Å²) in [6.45, 7) is 1.98. The van der Waals surface area contributed by atoms with E-state index in [4.69, 9.17) is 9.47 Å². The molecule has 2 aromatic carbocycles. The van der Waals surface area contributed by atoms with Crippen molar-refractivity contribution in [2.24, 2.45) is 0 Å². The Morgan fingerprint density at radius 1 is 1.07 bits per heavy atom. The van der Waals surface area contributed by atoms with Crippen LogP contribution in [0.3, 0.4) is 0 Å². The Morgan fingerprint density at radius 3 is 2.48 bits per heavy atom. The molecule has 0 saturated heterocycles. The van der Waals surface area contributed by atoms with Crippen LogP contribution in [-0.2, 0) is 17.9 Å². The maximum Gasteiger partial charge on any atom is 0.275 e. The van der Waals surface area contributed by atoms with Gasteiger partial charge in [-0.15, -0.1) is 0 Å². The standard InChI is InChI=1S/C20H21N3O4/c1-13-15-6-4-5-7-16(15)20(25)23(22-13)12-19(24)21-11-14-8-9-17(26-2)18(10-14)27-3/h4-10H,11-12H2,1-3H3,(H,21,24). The van der Waals surface area contributed by atoms with Gasteiger partial charge in [-0.3, -0.25) is 9.59 Å². The summed E-state index contributed by atoms with van der Waals surface area (Å²) >= 11 is 0. The van der Waals surface area contributed by atoms with Gasteiger partial charge in [0.05, 0.1) is 25.3 Å². The van der Waals surface area contributed by atoms with Gasteiger partial charge < -0.3 is 14.8 Å². The summed E-state index contributed by atoms with van der Waals surface area (Å²) in [6, 6.07) is 12.7. The predicted octanol–water partition coefficient (Wildman–Crippen LogP) is 2.04. The Bertz CT molecular complexity index is 1040. The topological polar surface area (TPSA) is 82.5 Å². The number of methoxy groups -OCH3 is 2. The van der Waals surface area contributed by atoms with Crippen LogP contribution in [0.1, 0.15) is 11.3 Å². The molecule has 7 heteroatoms. The molecule has 0 atom stereocenters. The van der Waals surface area contributed by atoms with Crippen LogP contribution in [0.25, 0.3) is 10.8 Å². The van der Waals surface area contributed by atoms with Crippen LogP contribution in [0, 0.1) is 6.92 Å². The highest BCUT2D eigenvalue weighted by Crippen LogP contribution is 2.27. The second-order valence-corrected chi connectivity index (χ2v) is 6.06. The first-order valence-corrected chi connectivity index (χ1v) is 8.47. The molecule has 0 bridgehead atoms. The summed E-state index contributed by atoms with van der Waals surface area (Å²) in [7, 11) is 3.12. The molecule has 0 spiro atoms. The molecule has 1 amide bonds. The van der Waals surface area contributed by atoms with Gasteiger partial charge in [0.25, 0.3) is 5.56 Å². The van der Waals surface area contributed by atoms with Gasteiger partial charge >= 0.3 is 0 Å². The molecule has 1 aromatic heterocycles. The minimum atomic E-state index is -0.297. The van der Waals surface area contributed by atoms with E-state index < -0.39 is 0 Å². The summed E-state index contributed by atoms with van der Waals surface area (Å²) in [5.74, 6) is 0.913. The van der Waals surface area contributed by atoms with Gasteiger partial charge in [0.15, 0.2) is 11.5 Å². The van der Waals surface area contributed by atoms with Crippen molar-refractivity contribution in [3.05, 3.63) is 64.1 Å². The van der Waals surface area contributed by atoms with Crippen LogP contribution >= 0.6 is 0 Å². The third-order valence-corrected chi connectivity index (χ3v) is 4.28. The van der Waals surface area contributed by atoms with E-state index in [0.717, 1.165) is 10.9 Å². The Morgan fingerprint density at radius 2 is 1.78 bits per heavy atom. The first-order valence-electron chi connectivity index (χ1n) is 8.47. The van der Waals surface area contributed by atoms with E-state index in [9.17, 15) is 9.59 Å². The van der Waals surface area contributed by atoms with Crippen molar-refractivity contribution in [2.75, 3.05) is 14.2 Å². The van der Waals surface area contributed by atoms with E-state index in [-0.39, 0.29) is 18.0 Å². The fourth-order valence-electron chi connectivity index (χ4n) is 2.89. The van der Waals surface area contributed by atoms with E-state index in [1.165, 1.54) is 4.68 Å². The summed E-state index contributed by atoms with van der Waals surface area (Å²) in [4.78, 5) is 24.8. The van der Waals surface area contributed by atoms with Gasteiger partial charge in [0.1, 0.15) is 6.54 Å². The maximum absolute atomic E-state index is 12.5. The molecule has 7 nitrogen and oxygen atoms in total. The highest BCUT2D eigenvalue weighted by molar-refractivity contribution is 5.83. The lowest BCUT2D eigenvalue weighted by atomic mass is 10.1. The van der Waals surface area contributed by atoms with E-state index in [1.807, 2.05) is 25.1 Å². The zero-order valence-corrected chi connectivity index (χ0v) is 15.5. The van der Waals surface area contributed by atoms with Gasteiger partial charge in [-0.1, -0.05) is 24.3 Å². The molecule has 0 aliphatic carbocycles. The number of nitrogens with one attached hydrogen (secondary N) is 1. The number of hydrogen-bond donors (Lipinski definition) is 1. The third kappa shape index (κ3) is 3.92. The third-order valence-electron chi connectivity index (χ3n) is 4.28. The second kappa shape index (κ2) is 7.90. The lowest BCUT2D eigenvalue weighted by Gasteiger charge is -2.11. The molecular weight excluding hydrogens is 346 g/mol. The van der Waals surface area contributed by atoms with Gasteiger partial charge in [0, 0.05) is 11.9 Å². The van der Waals surface area contributed by atoms with Crippen LogP contribution < -0.4 is 20.3 Å². The van der Waals surface area contributed by atoms with E-state index in [2.05, 4.69) is 10.4 Å². The quantitative estimate of drug-likeness (QED) is 0.721. The van der Waals surface area contributed by atoms with Crippen molar-refractivity contribution < 1.29 is 14.3 Å². The Kier molecular flexibility index (Phi) is 5.40. The average molecular weight is 367 g/mol. The van der Waals surface area contributed by atoms with Crippen molar-refractivity contribution in [1.82, 2.24) is 15.1 Å². The number of aromatic nitrogens is 2. The molecule has 0 fully saturated rings. The number of carbonyl (C=O) groups excluding carboxylic acids is 1. The SMILES string of the molecule is COc1ccc(CNC(=O)Cn2nc(C)c3ccccc3c2=O)cc1OC. The number of rotatable bonds is 6. The number of benzene rings is 2. The molecule has 3 aromatic rings. The number of aryl methyl sites for hydroxylation is 1. The van der Waals surface area contributed by atoms with Crippen LogP contribution in [0.4, 0.5) is 0 Å². The second-order valence-electron chi connectivity index (χ2n) is 6.06. The first kappa shape index (κ1) is 18.4. The highest BCUT2D eigenvalue weighted by Gasteiger charge is 2.11. The van der Waals surface area contributed by atoms with Crippen molar-refractivity contribution in [3.63, 3.8) is 0 Å².